The van der Waals surface area contributed by atoms with E-state index in [2.05, 4.69) is 18.7 Å². The molecule has 0 aromatic heterocycles. The first-order chi connectivity index (χ1) is 7.72. The van der Waals surface area contributed by atoms with Crippen molar-refractivity contribution in [2.75, 3.05) is 13.1 Å². The van der Waals surface area contributed by atoms with E-state index in [-0.39, 0.29) is 0 Å². The van der Waals surface area contributed by atoms with Crippen LogP contribution in [0.25, 0.3) is 0 Å². The Morgan fingerprint density at radius 2 is 1.81 bits per heavy atom. The summed E-state index contributed by atoms with van der Waals surface area (Å²) in [5, 5.41) is 0. The maximum atomic E-state index is 6.07. The van der Waals surface area contributed by atoms with Gasteiger partial charge in [0.15, 0.2) is 0 Å². The van der Waals surface area contributed by atoms with Crippen LogP contribution in [0.3, 0.4) is 0 Å². The first-order valence-corrected chi connectivity index (χ1v) is 7.18. The van der Waals surface area contributed by atoms with E-state index in [1.54, 1.807) is 0 Å². The molecule has 0 aromatic carbocycles. The molecule has 2 fully saturated rings. The van der Waals surface area contributed by atoms with Gasteiger partial charge in [-0.25, -0.2) is 0 Å². The second-order valence-corrected chi connectivity index (χ2v) is 6.02. The summed E-state index contributed by atoms with van der Waals surface area (Å²) < 4.78 is 0. The molecule has 2 aliphatic rings. The summed E-state index contributed by atoms with van der Waals surface area (Å²) in [4.78, 5) is 2.76. The average molecular weight is 224 g/mol. The topological polar surface area (TPSA) is 29.3 Å². The number of nitrogens with two attached hydrogens (primary N) is 1. The Bertz CT molecular complexity index is 215. The van der Waals surface area contributed by atoms with Crippen LogP contribution < -0.4 is 5.73 Å². The summed E-state index contributed by atoms with van der Waals surface area (Å²) in [5.74, 6) is 0.890. The van der Waals surface area contributed by atoms with Crippen molar-refractivity contribution >= 4 is 0 Å². The Hall–Kier alpha value is -0.0800. The van der Waals surface area contributed by atoms with Crippen molar-refractivity contribution in [3.05, 3.63) is 0 Å². The molecule has 0 aliphatic heterocycles. The Labute approximate surface area is 101 Å². The monoisotopic (exact) mass is 224 g/mol. The van der Waals surface area contributed by atoms with E-state index in [1.165, 1.54) is 51.5 Å². The summed E-state index contributed by atoms with van der Waals surface area (Å²) in [6, 6.07) is 0.829. The number of hydrogen-bond acceptors (Lipinski definition) is 2. The normalized spacial score (nSPS) is 36.4. The van der Waals surface area contributed by atoms with E-state index in [0.717, 1.165) is 18.5 Å². The van der Waals surface area contributed by atoms with Gasteiger partial charge >= 0.3 is 0 Å². The lowest BCUT2D eigenvalue weighted by atomic mass is 9.67. The zero-order valence-electron chi connectivity index (χ0n) is 11.0. The molecule has 0 radical (unpaired) electrons. The Morgan fingerprint density at radius 1 is 1.19 bits per heavy atom. The minimum atomic E-state index is 0.371. The lowest BCUT2D eigenvalue weighted by Gasteiger charge is -2.56. The Kier molecular flexibility index (Phi) is 3.91. The van der Waals surface area contributed by atoms with Gasteiger partial charge in [0.2, 0.25) is 0 Å². The molecule has 0 saturated heterocycles. The number of hydrogen-bond donors (Lipinski definition) is 1. The Morgan fingerprint density at radius 3 is 2.25 bits per heavy atom. The molecule has 2 rings (SSSR count). The molecular formula is C14H28N2. The molecule has 0 amide bonds. The van der Waals surface area contributed by atoms with Crippen LogP contribution in [-0.2, 0) is 0 Å². The zero-order valence-corrected chi connectivity index (χ0v) is 11.0. The lowest BCUT2D eigenvalue weighted by Crippen LogP contribution is -2.64. The van der Waals surface area contributed by atoms with Gasteiger partial charge in [0.05, 0.1) is 0 Å². The SMILES string of the molecule is CCN(C1CCCCC1)C1(CN)CC(C)C1. The predicted octanol–water partition coefficient (Wildman–Crippen LogP) is 2.77. The number of rotatable bonds is 4. The maximum Gasteiger partial charge on any atom is 0.0339 e. The molecule has 0 bridgehead atoms. The van der Waals surface area contributed by atoms with Gasteiger partial charge in [0.1, 0.15) is 0 Å². The third-order valence-electron chi connectivity index (χ3n) is 4.80. The summed E-state index contributed by atoms with van der Waals surface area (Å²) in [6.07, 6.45) is 9.77. The van der Waals surface area contributed by atoms with Crippen molar-refractivity contribution in [3.63, 3.8) is 0 Å². The second-order valence-electron chi connectivity index (χ2n) is 6.02. The van der Waals surface area contributed by atoms with Gasteiger partial charge in [0, 0.05) is 18.1 Å². The number of likely N-dealkylation sites (N-methyl/N-ethyl adjacent to an activating group) is 1. The largest absolute Gasteiger partial charge is 0.329 e. The first kappa shape index (κ1) is 12.4. The van der Waals surface area contributed by atoms with Gasteiger partial charge in [0.25, 0.3) is 0 Å². The van der Waals surface area contributed by atoms with Crippen molar-refractivity contribution < 1.29 is 0 Å². The predicted molar refractivity (Wildman–Crippen MR) is 69.4 cm³/mol. The van der Waals surface area contributed by atoms with Gasteiger partial charge in [-0.3, -0.25) is 4.90 Å². The van der Waals surface area contributed by atoms with E-state index in [0.29, 0.717) is 5.54 Å². The van der Waals surface area contributed by atoms with Crippen LogP contribution in [0.1, 0.15) is 58.8 Å². The fourth-order valence-electron chi connectivity index (χ4n) is 4.13. The van der Waals surface area contributed by atoms with Gasteiger partial charge in [-0.15, -0.1) is 0 Å². The van der Waals surface area contributed by atoms with Crippen molar-refractivity contribution in [3.8, 4) is 0 Å². The number of nitrogens with zero attached hydrogens (tertiary/aromatic N) is 1. The van der Waals surface area contributed by atoms with Gasteiger partial charge < -0.3 is 5.73 Å². The molecule has 2 nitrogen and oxygen atoms in total. The van der Waals surface area contributed by atoms with Crippen LogP contribution in [0.4, 0.5) is 0 Å². The zero-order chi connectivity index (χ0) is 11.6. The maximum absolute atomic E-state index is 6.07. The highest BCUT2D eigenvalue weighted by molar-refractivity contribution is 5.04. The molecule has 2 heteroatoms. The van der Waals surface area contributed by atoms with Gasteiger partial charge in [-0.2, -0.15) is 0 Å². The highest BCUT2D eigenvalue weighted by Gasteiger charge is 2.47. The molecule has 0 atom stereocenters. The summed E-state index contributed by atoms with van der Waals surface area (Å²) in [5.41, 5.74) is 6.44. The van der Waals surface area contributed by atoms with Gasteiger partial charge in [-0.05, 0) is 38.1 Å². The van der Waals surface area contributed by atoms with Crippen LogP contribution in [-0.4, -0.2) is 29.6 Å². The molecule has 0 heterocycles. The van der Waals surface area contributed by atoms with Crippen LogP contribution in [0, 0.1) is 5.92 Å². The van der Waals surface area contributed by atoms with Crippen LogP contribution in [0.2, 0.25) is 0 Å². The van der Waals surface area contributed by atoms with Crippen molar-refractivity contribution in [1.82, 2.24) is 4.90 Å². The molecule has 94 valence electrons. The standard InChI is InChI=1S/C14H28N2/c1-3-16(13-7-5-4-6-8-13)14(11-15)9-12(2)10-14/h12-13H,3-11,15H2,1-2H3. The fraction of sp³-hybridized carbons (Fsp3) is 1.00. The van der Waals surface area contributed by atoms with Crippen molar-refractivity contribution in [1.29, 1.82) is 0 Å². The molecular weight excluding hydrogens is 196 g/mol. The molecule has 0 spiro atoms. The van der Waals surface area contributed by atoms with Crippen molar-refractivity contribution in [2.24, 2.45) is 11.7 Å². The molecule has 0 aromatic rings. The van der Waals surface area contributed by atoms with E-state index in [9.17, 15) is 0 Å². The van der Waals surface area contributed by atoms with Crippen LogP contribution in [0.5, 0.6) is 0 Å². The first-order valence-electron chi connectivity index (χ1n) is 7.18. The third-order valence-corrected chi connectivity index (χ3v) is 4.80. The van der Waals surface area contributed by atoms with Gasteiger partial charge in [-0.1, -0.05) is 33.1 Å². The quantitative estimate of drug-likeness (QED) is 0.795. The fourth-order valence-corrected chi connectivity index (χ4v) is 4.13. The third kappa shape index (κ3) is 2.14. The van der Waals surface area contributed by atoms with Crippen LogP contribution in [0.15, 0.2) is 0 Å². The van der Waals surface area contributed by atoms with E-state index in [1.807, 2.05) is 0 Å². The van der Waals surface area contributed by atoms with Crippen molar-refractivity contribution in [2.45, 2.75) is 70.4 Å². The second kappa shape index (κ2) is 5.05. The van der Waals surface area contributed by atoms with E-state index >= 15 is 0 Å². The minimum absolute atomic E-state index is 0.371. The Balaban J connectivity index is 2.02. The van der Waals surface area contributed by atoms with E-state index < -0.39 is 0 Å². The van der Waals surface area contributed by atoms with E-state index in [4.69, 9.17) is 5.73 Å². The minimum Gasteiger partial charge on any atom is -0.329 e. The molecule has 2 N–H and O–H groups in total. The molecule has 2 aliphatic carbocycles. The highest BCUT2D eigenvalue weighted by atomic mass is 15.2. The highest BCUT2D eigenvalue weighted by Crippen LogP contribution is 2.44. The van der Waals surface area contributed by atoms with Crippen LogP contribution >= 0.6 is 0 Å². The summed E-state index contributed by atoms with van der Waals surface area (Å²) >= 11 is 0. The average Bonchev–Trinajstić information content (AvgIpc) is 2.28. The molecule has 16 heavy (non-hydrogen) atoms. The molecule has 0 unspecified atom stereocenters. The smallest absolute Gasteiger partial charge is 0.0339 e. The summed E-state index contributed by atoms with van der Waals surface area (Å²) in [7, 11) is 0. The molecule has 2 saturated carbocycles. The lowest BCUT2D eigenvalue weighted by molar-refractivity contribution is -0.0465. The summed E-state index contributed by atoms with van der Waals surface area (Å²) in [6.45, 7) is 6.73.